The van der Waals surface area contributed by atoms with Gasteiger partial charge in [-0.05, 0) is 49.1 Å². The number of aryl methyl sites for hydroxylation is 3. The fraction of sp³-hybridized carbons (Fsp3) is 0.259. The van der Waals surface area contributed by atoms with Crippen molar-refractivity contribution in [1.82, 2.24) is 24.1 Å². The van der Waals surface area contributed by atoms with E-state index >= 15 is 0 Å². The maximum absolute atomic E-state index is 5.45. The van der Waals surface area contributed by atoms with E-state index in [1.54, 1.807) is 31.3 Å². The first-order valence-corrected chi connectivity index (χ1v) is 11.7. The normalized spacial score (nSPS) is 11.6. The second-order valence-electron chi connectivity index (χ2n) is 8.46. The van der Waals surface area contributed by atoms with Gasteiger partial charge in [0.2, 0.25) is 0 Å². The highest BCUT2D eigenvalue weighted by atomic mass is 16.6. The van der Waals surface area contributed by atoms with Gasteiger partial charge in [0.1, 0.15) is 12.0 Å². The first-order valence-electron chi connectivity index (χ1n) is 11.7. The summed E-state index contributed by atoms with van der Waals surface area (Å²) in [5.41, 5.74) is 6.06. The molecule has 9 heteroatoms. The predicted octanol–water partition coefficient (Wildman–Crippen LogP) is 4.51. The molecule has 3 heterocycles. The minimum Gasteiger partial charge on any atom is -0.493 e. The number of ether oxygens (including phenoxy) is 2. The summed E-state index contributed by atoms with van der Waals surface area (Å²) in [6, 6.07) is 15.8. The number of oxime groups is 1. The lowest BCUT2D eigenvalue weighted by Gasteiger charge is -2.11. The van der Waals surface area contributed by atoms with Gasteiger partial charge in [-0.2, -0.15) is 0 Å². The molecule has 5 rings (SSSR count). The van der Waals surface area contributed by atoms with Gasteiger partial charge in [0.15, 0.2) is 29.6 Å². The van der Waals surface area contributed by atoms with Crippen LogP contribution in [0.5, 0.6) is 11.5 Å². The molecule has 36 heavy (non-hydrogen) atoms. The maximum Gasteiger partial charge on any atom is 0.192 e. The van der Waals surface area contributed by atoms with Crippen LogP contribution in [0.2, 0.25) is 0 Å². The molecule has 184 valence electrons. The SMILES string of the molecule is COc1ccc(CCn2c(C)c(C)c3c2ncn2nc(CO/N=C\c4ccccc4)nc32)cc1OC. The number of fused-ring (bicyclic) bond motifs is 3. The van der Waals surface area contributed by atoms with Crippen LogP contribution in [0.15, 0.2) is 60.0 Å². The van der Waals surface area contributed by atoms with Gasteiger partial charge in [-0.1, -0.05) is 41.6 Å². The van der Waals surface area contributed by atoms with Gasteiger partial charge in [-0.15, -0.1) is 5.10 Å². The molecule has 0 aliphatic rings. The molecule has 0 amide bonds. The van der Waals surface area contributed by atoms with E-state index < -0.39 is 0 Å². The summed E-state index contributed by atoms with van der Waals surface area (Å²) < 4.78 is 14.7. The highest BCUT2D eigenvalue weighted by Crippen LogP contribution is 2.30. The van der Waals surface area contributed by atoms with Crippen molar-refractivity contribution >= 4 is 22.9 Å². The van der Waals surface area contributed by atoms with Crippen molar-refractivity contribution in [2.75, 3.05) is 14.2 Å². The van der Waals surface area contributed by atoms with Crippen LogP contribution in [-0.4, -0.2) is 44.6 Å². The number of hydrogen-bond donors (Lipinski definition) is 0. The molecule has 9 nitrogen and oxygen atoms in total. The van der Waals surface area contributed by atoms with Crippen molar-refractivity contribution in [3.05, 3.63) is 83.1 Å². The molecule has 0 spiro atoms. The third-order valence-corrected chi connectivity index (χ3v) is 6.33. The minimum atomic E-state index is 0.171. The van der Waals surface area contributed by atoms with Gasteiger partial charge in [0.05, 0.1) is 25.8 Å². The molecule has 0 atom stereocenters. The highest BCUT2D eigenvalue weighted by molar-refractivity contribution is 5.93. The van der Waals surface area contributed by atoms with E-state index in [2.05, 4.69) is 34.7 Å². The average Bonchev–Trinajstić information content (AvgIpc) is 3.43. The zero-order chi connectivity index (χ0) is 25.1. The first-order chi connectivity index (χ1) is 17.6. The Balaban J connectivity index is 1.37. The second-order valence-corrected chi connectivity index (χ2v) is 8.46. The number of hydrogen-bond acceptors (Lipinski definition) is 7. The monoisotopic (exact) mass is 484 g/mol. The summed E-state index contributed by atoms with van der Waals surface area (Å²) >= 11 is 0. The Morgan fingerprint density at radius 2 is 1.78 bits per heavy atom. The standard InChI is InChI=1S/C27H28N6O3/c1-18-19(2)32(13-12-20-10-11-22(34-3)23(14-20)35-4)26-25(18)27-30-24(31-33(27)17-28-26)16-36-29-15-21-8-6-5-7-9-21/h5-11,14-15,17H,12-13,16H2,1-4H3/b29-15-. The Labute approximate surface area is 209 Å². The quantitative estimate of drug-likeness (QED) is 0.226. The Kier molecular flexibility index (Phi) is 6.53. The molecule has 0 fully saturated rings. The summed E-state index contributed by atoms with van der Waals surface area (Å²) in [7, 11) is 3.29. The highest BCUT2D eigenvalue weighted by Gasteiger charge is 2.18. The predicted molar refractivity (Wildman–Crippen MR) is 138 cm³/mol. The van der Waals surface area contributed by atoms with E-state index in [9.17, 15) is 0 Å². The molecule has 3 aromatic heterocycles. The molecule has 0 aliphatic carbocycles. The lowest BCUT2D eigenvalue weighted by Crippen LogP contribution is -2.05. The summed E-state index contributed by atoms with van der Waals surface area (Å²) in [4.78, 5) is 14.9. The van der Waals surface area contributed by atoms with E-state index in [0.29, 0.717) is 5.82 Å². The molecule has 2 aromatic carbocycles. The van der Waals surface area contributed by atoms with E-state index in [0.717, 1.165) is 63.5 Å². The maximum atomic E-state index is 5.45. The van der Waals surface area contributed by atoms with E-state index in [1.807, 2.05) is 42.5 Å². The topological polar surface area (TPSA) is 88.1 Å². The number of aromatic nitrogens is 5. The molecule has 0 N–H and O–H groups in total. The van der Waals surface area contributed by atoms with Crippen LogP contribution >= 0.6 is 0 Å². The van der Waals surface area contributed by atoms with Gasteiger partial charge >= 0.3 is 0 Å². The van der Waals surface area contributed by atoms with Crippen molar-refractivity contribution in [2.45, 2.75) is 33.4 Å². The van der Waals surface area contributed by atoms with Crippen LogP contribution in [-0.2, 0) is 24.4 Å². The Hall–Kier alpha value is -4.40. The number of methoxy groups -OCH3 is 2. The van der Waals surface area contributed by atoms with Gasteiger partial charge < -0.3 is 18.9 Å². The molecule has 0 aliphatic heterocycles. The molecular formula is C27H28N6O3. The van der Waals surface area contributed by atoms with E-state index in [-0.39, 0.29) is 6.61 Å². The molecular weight excluding hydrogens is 456 g/mol. The average molecular weight is 485 g/mol. The third kappa shape index (κ3) is 4.47. The van der Waals surface area contributed by atoms with Crippen molar-refractivity contribution < 1.29 is 14.3 Å². The fourth-order valence-corrected chi connectivity index (χ4v) is 4.32. The molecule has 0 radical (unpaired) electrons. The Morgan fingerprint density at radius 1 is 0.972 bits per heavy atom. The Bertz CT molecular complexity index is 1540. The zero-order valence-electron chi connectivity index (χ0n) is 20.8. The number of benzene rings is 2. The van der Waals surface area contributed by atoms with E-state index in [1.165, 1.54) is 0 Å². The summed E-state index contributed by atoms with van der Waals surface area (Å²) in [6.45, 7) is 5.15. The van der Waals surface area contributed by atoms with E-state index in [4.69, 9.17) is 24.3 Å². The summed E-state index contributed by atoms with van der Waals surface area (Å²) in [5, 5.41) is 9.55. The van der Waals surface area contributed by atoms with Crippen molar-refractivity contribution in [2.24, 2.45) is 5.16 Å². The molecule has 0 bridgehead atoms. The first kappa shape index (κ1) is 23.3. The van der Waals surface area contributed by atoms with Gasteiger partial charge in [0.25, 0.3) is 0 Å². The van der Waals surface area contributed by atoms with Gasteiger partial charge in [-0.3, -0.25) is 0 Å². The van der Waals surface area contributed by atoms with Gasteiger partial charge in [0, 0.05) is 12.2 Å². The van der Waals surface area contributed by atoms with Crippen LogP contribution in [0.4, 0.5) is 0 Å². The van der Waals surface area contributed by atoms with Crippen molar-refractivity contribution in [3.8, 4) is 11.5 Å². The summed E-state index contributed by atoms with van der Waals surface area (Å²) in [6.07, 6.45) is 4.19. The lowest BCUT2D eigenvalue weighted by molar-refractivity contribution is 0.126. The molecule has 0 unspecified atom stereocenters. The molecule has 0 saturated carbocycles. The lowest BCUT2D eigenvalue weighted by atomic mass is 10.1. The van der Waals surface area contributed by atoms with Crippen LogP contribution in [0, 0.1) is 13.8 Å². The zero-order valence-corrected chi connectivity index (χ0v) is 20.8. The molecule has 0 saturated heterocycles. The molecule has 5 aromatic rings. The fourth-order valence-electron chi connectivity index (χ4n) is 4.32. The van der Waals surface area contributed by atoms with Crippen molar-refractivity contribution in [3.63, 3.8) is 0 Å². The second kappa shape index (κ2) is 10.1. The summed E-state index contributed by atoms with van der Waals surface area (Å²) in [5.74, 6) is 2.00. The van der Waals surface area contributed by atoms with Crippen molar-refractivity contribution in [1.29, 1.82) is 0 Å². The van der Waals surface area contributed by atoms with Crippen LogP contribution in [0.25, 0.3) is 16.7 Å². The smallest absolute Gasteiger partial charge is 0.192 e. The Morgan fingerprint density at radius 3 is 2.56 bits per heavy atom. The number of rotatable bonds is 9. The largest absolute Gasteiger partial charge is 0.493 e. The minimum absolute atomic E-state index is 0.171. The third-order valence-electron chi connectivity index (χ3n) is 6.33. The van der Waals surface area contributed by atoms with Crippen LogP contribution in [0.3, 0.4) is 0 Å². The van der Waals surface area contributed by atoms with Crippen LogP contribution in [0.1, 0.15) is 28.2 Å². The van der Waals surface area contributed by atoms with Crippen LogP contribution < -0.4 is 9.47 Å². The number of nitrogens with zero attached hydrogens (tertiary/aromatic N) is 6. The van der Waals surface area contributed by atoms with Gasteiger partial charge in [-0.25, -0.2) is 14.5 Å².